The van der Waals surface area contributed by atoms with Crippen LogP contribution >= 0.6 is 11.6 Å². The zero-order valence-corrected chi connectivity index (χ0v) is 16.1. The molecule has 4 N–H and O–H groups in total. The van der Waals surface area contributed by atoms with Gasteiger partial charge in [0, 0.05) is 18.4 Å². The molecule has 3 amide bonds. The number of hydrogen-bond donors (Lipinski definition) is 4. The van der Waals surface area contributed by atoms with Gasteiger partial charge in [0.2, 0.25) is 0 Å². The zero-order chi connectivity index (χ0) is 21.8. The molecule has 0 aliphatic carbocycles. The first kappa shape index (κ1) is 20.9. The molecule has 0 saturated carbocycles. The van der Waals surface area contributed by atoms with Crippen LogP contribution in [0.15, 0.2) is 42.7 Å². The number of anilines is 2. The third kappa shape index (κ3) is 4.28. The van der Waals surface area contributed by atoms with Gasteiger partial charge >= 0.3 is 0 Å². The molecule has 0 aliphatic rings. The van der Waals surface area contributed by atoms with Crippen LogP contribution in [0.5, 0.6) is 0 Å². The van der Waals surface area contributed by atoms with Crippen molar-refractivity contribution in [2.24, 2.45) is 0 Å². The topological polar surface area (TPSA) is 116 Å². The van der Waals surface area contributed by atoms with E-state index in [0.717, 1.165) is 12.1 Å². The van der Waals surface area contributed by atoms with Crippen molar-refractivity contribution in [1.29, 1.82) is 0 Å². The van der Waals surface area contributed by atoms with Gasteiger partial charge in [-0.2, -0.15) is 0 Å². The molecule has 30 heavy (non-hydrogen) atoms. The third-order valence-corrected chi connectivity index (χ3v) is 4.35. The van der Waals surface area contributed by atoms with Crippen molar-refractivity contribution in [2.75, 3.05) is 17.7 Å². The molecule has 3 rings (SSSR count). The highest BCUT2D eigenvalue weighted by Crippen LogP contribution is 2.24. The smallest absolute Gasteiger partial charge is 0.274 e. The van der Waals surface area contributed by atoms with E-state index in [1.807, 2.05) is 0 Å². The number of benzene rings is 2. The standard InChI is InChI=1S/C19H14ClF2N5O3/c1-23-18(29)15-16(25-8-24-15)19(30)27-10-4-2-9(3-5-10)26-17(28)13-11(21)6-7-12(22)14(13)20/h2-8H,1H3,(H,23,29)(H,24,25)(H,26,28)(H,27,30). The molecule has 1 heterocycles. The summed E-state index contributed by atoms with van der Waals surface area (Å²) in [4.78, 5) is 42.7. The highest BCUT2D eigenvalue weighted by molar-refractivity contribution is 6.34. The number of aromatic amines is 1. The zero-order valence-electron chi connectivity index (χ0n) is 15.3. The summed E-state index contributed by atoms with van der Waals surface area (Å²) >= 11 is 5.68. The number of H-pyrrole nitrogens is 1. The normalized spacial score (nSPS) is 10.4. The van der Waals surface area contributed by atoms with Gasteiger partial charge in [0.1, 0.15) is 17.3 Å². The number of amides is 3. The summed E-state index contributed by atoms with van der Waals surface area (Å²) in [6.45, 7) is 0. The second-order valence-corrected chi connectivity index (χ2v) is 6.29. The maximum absolute atomic E-state index is 13.8. The summed E-state index contributed by atoms with van der Waals surface area (Å²) in [7, 11) is 1.41. The Bertz CT molecular complexity index is 1130. The molecule has 0 spiro atoms. The van der Waals surface area contributed by atoms with E-state index in [2.05, 4.69) is 25.9 Å². The van der Waals surface area contributed by atoms with Crippen molar-refractivity contribution < 1.29 is 23.2 Å². The lowest BCUT2D eigenvalue weighted by molar-refractivity contribution is 0.0943. The van der Waals surface area contributed by atoms with Gasteiger partial charge in [-0.05, 0) is 36.4 Å². The van der Waals surface area contributed by atoms with Crippen molar-refractivity contribution >= 4 is 40.7 Å². The Hall–Kier alpha value is -3.79. The fraction of sp³-hybridized carbons (Fsp3) is 0.0526. The lowest BCUT2D eigenvalue weighted by Gasteiger charge is -2.10. The van der Waals surface area contributed by atoms with E-state index in [9.17, 15) is 23.2 Å². The van der Waals surface area contributed by atoms with Gasteiger partial charge in [-0.15, -0.1) is 0 Å². The number of imidazole rings is 1. The number of nitrogens with one attached hydrogen (secondary N) is 4. The van der Waals surface area contributed by atoms with E-state index >= 15 is 0 Å². The predicted molar refractivity (Wildman–Crippen MR) is 106 cm³/mol. The summed E-state index contributed by atoms with van der Waals surface area (Å²) in [5.41, 5.74) is -0.0957. The van der Waals surface area contributed by atoms with E-state index in [0.29, 0.717) is 5.69 Å². The highest BCUT2D eigenvalue weighted by Gasteiger charge is 2.21. The van der Waals surface area contributed by atoms with Crippen LogP contribution in [0.4, 0.5) is 20.2 Å². The van der Waals surface area contributed by atoms with Gasteiger partial charge in [0.15, 0.2) is 5.69 Å². The number of rotatable bonds is 5. The maximum atomic E-state index is 13.8. The minimum atomic E-state index is -0.964. The Morgan fingerprint density at radius 2 is 1.47 bits per heavy atom. The average molecular weight is 434 g/mol. The second kappa shape index (κ2) is 8.70. The summed E-state index contributed by atoms with van der Waals surface area (Å²) in [5, 5.41) is 6.72. The Balaban J connectivity index is 1.71. The van der Waals surface area contributed by atoms with Crippen molar-refractivity contribution in [2.45, 2.75) is 0 Å². The van der Waals surface area contributed by atoms with Crippen LogP contribution in [0.1, 0.15) is 31.3 Å². The molecule has 0 saturated heterocycles. The van der Waals surface area contributed by atoms with Crippen LogP contribution in [0.2, 0.25) is 5.02 Å². The Morgan fingerprint density at radius 3 is 2.07 bits per heavy atom. The Morgan fingerprint density at radius 1 is 0.900 bits per heavy atom. The fourth-order valence-electron chi connectivity index (χ4n) is 2.52. The highest BCUT2D eigenvalue weighted by atomic mass is 35.5. The van der Waals surface area contributed by atoms with Crippen LogP contribution in [-0.2, 0) is 0 Å². The molecule has 0 bridgehead atoms. The van der Waals surface area contributed by atoms with E-state index in [1.54, 1.807) is 0 Å². The van der Waals surface area contributed by atoms with E-state index < -0.39 is 39.9 Å². The number of hydrogen-bond acceptors (Lipinski definition) is 4. The van der Waals surface area contributed by atoms with Crippen molar-refractivity contribution in [3.63, 3.8) is 0 Å². The molecule has 11 heteroatoms. The number of carbonyl (C=O) groups excluding carboxylic acids is 3. The van der Waals surface area contributed by atoms with Crippen LogP contribution in [0.3, 0.4) is 0 Å². The summed E-state index contributed by atoms with van der Waals surface area (Å²) in [6.07, 6.45) is 1.22. The molecule has 154 valence electrons. The molecular weight excluding hydrogens is 420 g/mol. The molecule has 0 fully saturated rings. The second-order valence-electron chi connectivity index (χ2n) is 5.91. The van der Waals surface area contributed by atoms with Crippen molar-refractivity contribution in [3.8, 4) is 0 Å². The molecular formula is C19H14ClF2N5O3. The van der Waals surface area contributed by atoms with E-state index in [-0.39, 0.29) is 17.1 Å². The summed E-state index contributed by atoms with van der Waals surface area (Å²) in [5.74, 6) is -3.94. The Kier molecular flexibility index (Phi) is 6.07. The van der Waals surface area contributed by atoms with Gasteiger partial charge in [0.05, 0.1) is 16.9 Å². The molecule has 0 radical (unpaired) electrons. The first-order chi connectivity index (χ1) is 14.3. The monoisotopic (exact) mass is 433 g/mol. The minimum Gasteiger partial charge on any atom is -0.354 e. The van der Waals surface area contributed by atoms with Crippen LogP contribution < -0.4 is 16.0 Å². The molecule has 1 aromatic heterocycles. The molecule has 8 nitrogen and oxygen atoms in total. The third-order valence-electron chi connectivity index (χ3n) is 3.98. The number of carbonyl (C=O) groups is 3. The first-order valence-electron chi connectivity index (χ1n) is 8.43. The van der Waals surface area contributed by atoms with Crippen LogP contribution in [-0.4, -0.2) is 34.7 Å². The first-order valence-corrected chi connectivity index (χ1v) is 8.81. The Labute approximate surface area is 173 Å². The van der Waals surface area contributed by atoms with Gasteiger partial charge in [-0.3, -0.25) is 14.4 Å². The SMILES string of the molecule is CNC(=O)c1nc[nH]c1C(=O)Nc1ccc(NC(=O)c2c(F)ccc(F)c2Cl)cc1. The van der Waals surface area contributed by atoms with Gasteiger partial charge < -0.3 is 20.9 Å². The van der Waals surface area contributed by atoms with Gasteiger partial charge in [-0.1, -0.05) is 11.6 Å². The largest absolute Gasteiger partial charge is 0.354 e. The quantitative estimate of drug-likeness (QED) is 0.462. The van der Waals surface area contributed by atoms with Crippen LogP contribution in [0, 0.1) is 11.6 Å². The lowest BCUT2D eigenvalue weighted by Crippen LogP contribution is -2.23. The molecule has 0 atom stereocenters. The summed E-state index contributed by atoms with van der Waals surface area (Å²) < 4.78 is 27.3. The molecule has 3 aromatic rings. The summed E-state index contributed by atoms with van der Waals surface area (Å²) in [6, 6.07) is 7.43. The van der Waals surface area contributed by atoms with E-state index in [4.69, 9.17) is 11.6 Å². The minimum absolute atomic E-state index is 0.0250. The lowest BCUT2D eigenvalue weighted by atomic mass is 10.1. The van der Waals surface area contributed by atoms with Gasteiger partial charge in [-0.25, -0.2) is 13.8 Å². The molecule has 0 unspecified atom stereocenters. The van der Waals surface area contributed by atoms with E-state index in [1.165, 1.54) is 37.6 Å². The average Bonchev–Trinajstić information content (AvgIpc) is 3.22. The number of halogens is 3. The molecule has 0 aliphatic heterocycles. The molecule has 2 aromatic carbocycles. The van der Waals surface area contributed by atoms with Crippen LogP contribution in [0.25, 0.3) is 0 Å². The fourth-order valence-corrected chi connectivity index (χ4v) is 2.76. The number of nitrogens with zero attached hydrogens (tertiary/aromatic N) is 1. The van der Waals surface area contributed by atoms with Crippen molar-refractivity contribution in [1.82, 2.24) is 15.3 Å². The predicted octanol–water partition coefficient (Wildman–Crippen LogP) is 3.21. The maximum Gasteiger partial charge on any atom is 0.274 e. The van der Waals surface area contributed by atoms with Crippen molar-refractivity contribution in [3.05, 3.63) is 76.3 Å². The number of aromatic nitrogens is 2. The van der Waals surface area contributed by atoms with Gasteiger partial charge in [0.25, 0.3) is 17.7 Å².